The zero-order chi connectivity index (χ0) is 20.6. The van der Waals surface area contributed by atoms with Crippen LogP contribution in [0.1, 0.15) is 42.9 Å². The molecule has 0 aliphatic heterocycles. The molecule has 3 nitrogen and oxygen atoms in total. The van der Waals surface area contributed by atoms with Crippen molar-refractivity contribution in [3.05, 3.63) is 71.3 Å². The van der Waals surface area contributed by atoms with Crippen molar-refractivity contribution in [1.29, 1.82) is 0 Å². The van der Waals surface area contributed by atoms with Gasteiger partial charge in [0.2, 0.25) is 6.29 Å². The Labute approximate surface area is 163 Å². The van der Waals surface area contributed by atoms with Crippen LogP contribution in [0.25, 0.3) is 0 Å². The fourth-order valence-corrected chi connectivity index (χ4v) is 2.68. The molecule has 2 aromatic carbocycles. The van der Waals surface area contributed by atoms with Crippen LogP contribution in [0.4, 0.5) is 13.2 Å². The second-order valence-corrected chi connectivity index (χ2v) is 6.76. The van der Waals surface area contributed by atoms with E-state index in [-0.39, 0.29) is 12.8 Å². The molecule has 2 rings (SSSR count). The molecule has 6 heteroatoms. The first-order valence-corrected chi connectivity index (χ1v) is 9.27. The number of halogens is 3. The van der Waals surface area contributed by atoms with Gasteiger partial charge in [-0.2, -0.15) is 13.2 Å². The van der Waals surface area contributed by atoms with E-state index in [1.54, 1.807) is 30.3 Å². The van der Waals surface area contributed by atoms with Crippen molar-refractivity contribution in [3.8, 4) is 0 Å². The zero-order valence-corrected chi connectivity index (χ0v) is 16.0. The molecule has 0 heterocycles. The molecule has 2 aromatic rings. The van der Waals surface area contributed by atoms with Gasteiger partial charge in [0.15, 0.2) is 0 Å². The predicted molar refractivity (Wildman–Crippen MR) is 101 cm³/mol. The molecule has 0 radical (unpaired) electrons. The number of carbonyl (C=O) groups is 1. The molecule has 0 aliphatic rings. The molecule has 0 amide bonds. The van der Waals surface area contributed by atoms with Gasteiger partial charge in [-0.1, -0.05) is 68.4 Å². The Bertz CT molecular complexity index is 727. The Hall–Kier alpha value is -2.34. The third-order valence-electron chi connectivity index (χ3n) is 4.45. The van der Waals surface area contributed by atoms with E-state index in [0.29, 0.717) is 5.92 Å². The molecule has 2 unspecified atom stereocenters. The van der Waals surface area contributed by atoms with E-state index in [9.17, 15) is 18.0 Å². The molecule has 28 heavy (non-hydrogen) atoms. The predicted octanol–water partition coefficient (Wildman–Crippen LogP) is 5.43. The lowest BCUT2D eigenvalue weighted by molar-refractivity contribution is -0.227. The minimum atomic E-state index is -4.49. The van der Waals surface area contributed by atoms with Gasteiger partial charge in [-0.25, -0.2) is 0 Å². The summed E-state index contributed by atoms with van der Waals surface area (Å²) < 4.78 is 47.5. The molecule has 0 fully saturated rings. The summed E-state index contributed by atoms with van der Waals surface area (Å²) >= 11 is 0. The Morgan fingerprint density at radius 2 is 1.64 bits per heavy atom. The Morgan fingerprint density at radius 3 is 2.21 bits per heavy atom. The van der Waals surface area contributed by atoms with Crippen LogP contribution >= 0.6 is 0 Å². The van der Waals surface area contributed by atoms with Gasteiger partial charge in [0.05, 0.1) is 6.42 Å². The number of carbonyl (C=O) groups excluding carboxylic acids is 1. The fraction of sp³-hybridized carbons (Fsp3) is 0.409. The van der Waals surface area contributed by atoms with Gasteiger partial charge >= 0.3 is 12.1 Å². The number of hydrogen-bond acceptors (Lipinski definition) is 3. The normalized spacial score (nSPS) is 13.8. The number of rotatable bonds is 9. The molecule has 0 N–H and O–H groups in total. The summed E-state index contributed by atoms with van der Waals surface area (Å²) in [4.78, 5) is 12.2. The smallest absolute Gasteiger partial charge is 0.411 e. The molecule has 2 atom stereocenters. The average Bonchev–Trinajstić information content (AvgIpc) is 2.66. The second-order valence-electron chi connectivity index (χ2n) is 6.76. The number of benzene rings is 2. The van der Waals surface area contributed by atoms with Gasteiger partial charge in [-0.15, -0.1) is 0 Å². The summed E-state index contributed by atoms with van der Waals surface area (Å²) in [6.45, 7) is 2.75. The summed E-state index contributed by atoms with van der Waals surface area (Å²) in [5.41, 5.74) is 2.64. The second kappa shape index (κ2) is 10.3. The summed E-state index contributed by atoms with van der Waals surface area (Å²) in [5, 5.41) is 0. The van der Waals surface area contributed by atoms with Gasteiger partial charge in [0.25, 0.3) is 0 Å². The van der Waals surface area contributed by atoms with Crippen LogP contribution in [0.2, 0.25) is 0 Å². The van der Waals surface area contributed by atoms with E-state index in [1.807, 2.05) is 24.3 Å². The average molecular weight is 394 g/mol. The van der Waals surface area contributed by atoms with Crippen LogP contribution < -0.4 is 0 Å². The lowest BCUT2D eigenvalue weighted by atomic mass is 9.97. The van der Waals surface area contributed by atoms with Crippen molar-refractivity contribution in [2.45, 2.75) is 51.5 Å². The zero-order valence-electron chi connectivity index (χ0n) is 16.0. The lowest BCUT2D eigenvalue weighted by Gasteiger charge is -2.19. The third kappa shape index (κ3) is 7.72. The van der Waals surface area contributed by atoms with Gasteiger partial charge < -0.3 is 9.47 Å². The highest BCUT2D eigenvalue weighted by Crippen LogP contribution is 2.20. The van der Waals surface area contributed by atoms with Crippen molar-refractivity contribution < 1.29 is 27.4 Å². The first kappa shape index (κ1) is 22.0. The monoisotopic (exact) mass is 394 g/mol. The minimum absolute atomic E-state index is 0.0263. The van der Waals surface area contributed by atoms with E-state index in [2.05, 4.69) is 13.8 Å². The number of hydrogen-bond donors (Lipinski definition) is 0. The molecule has 0 spiro atoms. The molecule has 0 aromatic heterocycles. The summed E-state index contributed by atoms with van der Waals surface area (Å²) in [5.74, 6) is -0.202. The van der Waals surface area contributed by atoms with Gasteiger partial charge in [0.1, 0.15) is 6.61 Å². The number of ether oxygens (including phenoxy) is 2. The molecule has 0 aliphatic carbocycles. The van der Waals surface area contributed by atoms with Crippen molar-refractivity contribution in [1.82, 2.24) is 0 Å². The summed E-state index contributed by atoms with van der Waals surface area (Å²) in [7, 11) is 0. The largest absolute Gasteiger partial charge is 0.435 e. The van der Waals surface area contributed by atoms with E-state index in [4.69, 9.17) is 9.47 Å². The Morgan fingerprint density at radius 1 is 1.00 bits per heavy atom. The van der Waals surface area contributed by atoms with Gasteiger partial charge in [-0.05, 0) is 29.0 Å². The molecule has 152 valence electrons. The van der Waals surface area contributed by atoms with Crippen LogP contribution in [-0.2, 0) is 27.1 Å². The SMILES string of the molecule is CCC(C)c1ccc(CC(=O)OC(Cc2ccccc2)OCC(F)(F)F)cc1. The molecule has 0 bridgehead atoms. The van der Waals surface area contributed by atoms with Crippen LogP contribution in [0.5, 0.6) is 0 Å². The van der Waals surface area contributed by atoms with Crippen LogP contribution in [0.15, 0.2) is 54.6 Å². The molecule has 0 saturated carbocycles. The van der Waals surface area contributed by atoms with Crippen molar-refractivity contribution in [2.24, 2.45) is 0 Å². The van der Waals surface area contributed by atoms with Crippen LogP contribution in [0.3, 0.4) is 0 Å². The molecular formula is C22H25F3O3. The summed E-state index contributed by atoms with van der Waals surface area (Å²) in [6, 6.07) is 16.4. The highest BCUT2D eigenvalue weighted by Gasteiger charge is 2.30. The van der Waals surface area contributed by atoms with Crippen molar-refractivity contribution >= 4 is 5.97 Å². The maximum absolute atomic E-state index is 12.5. The van der Waals surface area contributed by atoms with E-state index < -0.39 is 25.0 Å². The van der Waals surface area contributed by atoms with Gasteiger partial charge in [0, 0.05) is 6.42 Å². The van der Waals surface area contributed by atoms with E-state index in [0.717, 1.165) is 17.5 Å². The maximum atomic E-state index is 12.5. The van der Waals surface area contributed by atoms with Crippen LogP contribution in [0, 0.1) is 0 Å². The highest BCUT2D eigenvalue weighted by atomic mass is 19.4. The molecule has 0 saturated heterocycles. The Balaban J connectivity index is 1.98. The van der Waals surface area contributed by atoms with Crippen molar-refractivity contribution in [3.63, 3.8) is 0 Å². The topological polar surface area (TPSA) is 35.5 Å². The highest BCUT2D eigenvalue weighted by molar-refractivity contribution is 5.72. The quantitative estimate of drug-likeness (QED) is 0.420. The standard InChI is InChI=1S/C22H25F3O3/c1-3-16(2)19-11-9-18(10-12-19)13-20(26)28-21(27-15-22(23,24)25)14-17-7-5-4-6-8-17/h4-12,16,21H,3,13-15H2,1-2H3. The minimum Gasteiger partial charge on any atom is -0.435 e. The number of esters is 1. The first-order chi connectivity index (χ1) is 13.3. The number of alkyl halides is 3. The first-order valence-electron chi connectivity index (χ1n) is 9.27. The fourth-order valence-electron chi connectivity index (χ4n) is 2.68. The van der Waals surface area contributed by atoms with Crippen LogP contribution in [-0.4, -0.2) is 25.0 Å². The van der Waals surface area contributed by atoms with Crippen molar-refractivity contribution in [2.75, 3.05) is 6.61 Å². The third-order valence-corrected chi connectivity index (χ3v) is 4.45. The van der Waals surface area contributed by atoms with Gasteiger partial charge in [-0.3, -0.25) is 4.79 Å². The maximum Gasteiger partial charge on any atom is 0.411 e. The summed E-state index contributed by atoms with van der Waals surface area (Å²) in [6.07, 6.45) is -4.75. The van der Waals surface area contributed by atoms with E-state index in [1.165, 1.54) is 5.56 Å². The molecular weight excluding hydrogens is 369 g/mol. The van der Waals surface area contributed by atoms with E-state index >= 15 is 0 Å². The lowest BCUT2D eigenvalue weighted by Crippen LogP contribution is -2.29. The Kier molecular flexibility index (Phi) is 8.05.